The lowest BCUT2D eigenvalue weighted by Crippen LogP contribution is -2.38. The lowest BCUT2D eigenvalue weighted by Gasteiger charge is -2.32. The molecule has 1 amide bonds. The molecule has 1 aliphatic heterocycles. The zero-order chi connectivity index (χ0) is 19.8. The molecule has 2 aromatic heterocycles. The van der Waals surface area contributed by atoms with E-state index in [9.17, 15) is 4.79 Å². The van der Waals surface area contributed by atoms with Crippen LogP contribution in [0.25, 0.3) is 22.3 Å². The first-order valence-corrected chi connectivity index (χ1v) is 10.0. The van der Waals surface area contributed by atoms with Gasteiger partial charge in [0.15, 0.2) is 5.65 Å². The number of rotatable bonds is 3. The smallest absolute Gasteiger partial charge is 0.245 e. The largest absolute Gasteiger partial charge is 0.336 e. The quantitative estimate of drug-likeness (QED) is 0.513. The van der Waals surface area contributed by atoms with Crippen molar-refractivity contribution in [1.82, 2.24) is 20.1 Å². The Kier molecular flexibility index (Phi) is 4.52. The number of hydrogen-bond acceptors (Lipinski definition) is 3. The van der Waals surface area contributed by atoms with E-state index in [4.69, 9.17) is 16.6 Å². The van der Waals surface area contributed by atoms with Gasteiger partial charge in [-0.05, 0) is 17.5 Å². The number of aromatic amines is 1. The Morgan fingerprint density at radius 2 is 1.76 bits per heavy atom. The molecule has 1 aliphatic rings. The summed E-state index contributed by atoms with van der Waals surface area (Å²) in [4.78, 5) is 19.8. The molecular weight excluding hydrogens is 384 g/mol. The summed E-state index contributed by atoms with van der Waals surface area (Å²) in [6, 6.07) is 19.6. The van der Waals surface area contributed by atoms with Gasteiger partial charge in [-0.1, -0.05) is 60.7 Å². The van der Waals surface area contributed by atoms with Crippen molar-refractivity contribution in [3.05, 3.63) is 83.6 Å². The van der Waals surface area contributed by atoms with Gasteiger partial charge >= 0.3 is 0 Å². The highest BCUT2D eigenvalue weighted by Gasteiger charge is 2.30. The minimum atomic E-state index is -0.691. The molecule has 1 atom stereocenters. The van der Waals surface area contributed by atoms with Crippen molar-refractivity contribution in [3.8, 4) is 11.3 Å². The number of aromatic nitrogens is 3. The summed E-state index contributed by atoms with van der Waals surface area (Å²) >= 11 is 6.53. The minimum Gasteiger partial charge on any atom is -0.336 e. The monoisotopic (exact) mass is 402 g/mol. The molecule has 4 aromatic rings. The van der Waals surface area contributed by atoms with Gasteiger partial charge < -0.3 is 4.90 Å². The number of carbonyl (C=O) groups excluding carboxylic acids is 1. The van der Waals surface area contributed by atoms with E-state index in [-0.39, 0.29) is 5.91 Å². The van der Waals surface area contributed by atoms with Gasteiger partial charge in [-0.25, -0.2) is 4.98 Å². The lowest BCUT2D eigenvalue weighted by molar-refractivity contribution is -0.131. The molecule has 0 fully saturated rings. The standard InChI is InChI=1S/C23H19ClN4O/c24-20(15-7-3-1-4-8-15)23(29)28-12-11-17-18-13-25-27-22(18)26-21(19(17)14-28)16-9-5-2-6-10-16/h1-10,13,20H,11-12,14H2,(H,25,26,27). The van der Waals surface area contributed by atoms with E-state index in [1.54, 1.807) is 0 Å². The summed E-state index contributed by atoms with van der Waals surface area (Å²) in [5, 5.41) is 7.50. The highest BCUT2D eigenvalue weighted by Crippen LogP contribution is 2.34. The molecule has 144 valence electrons. The first-order valence-electron chi connectivity index (χ1n) is 9.60. The van der Waals surface area contributed by atoms with Crippen molar-refractivity contribution in [3.63, 3.8) is 0 Å². The lowest BCUT2D eigenvalue weighted by atomic mass is 9.93. The first kappa shape index (κ1) is 17.9. The Balaban J connectivity index is 1.55. The summed E-state index contributed by atoms with van der Waals surface area (Å²) < 4.78 is 0. The van der Waals surface area contributed by atoms with Crippen LogP contribution in [0.5, 0.6) is 0 Å². The molecule has 6 heteroatoms. The van der Waals surface area contributed by atoms with Crippen molar-refractivity contribution in [2.75, 3.05) is 6.54 Å². The van der Waals surface area contributed by atoms with Gasteiger partial charge in [-0.2, -0.15) is 5.10 Å². The predicted molar refractivity (Wildman–Crippen MR) is 113 cm³/mol. The van der Waals surface area contributed by atoms with E-state index in [1.807, 2.05) is 71.8 Å². The molecular formula is C23H19ClN4O. The van der Waals surface area contributed by atoms with Crippen molar-refractivity contribution in [1.29, 1.82) is 0 Å². The maximum absolute atomic E-state index is 13.1. The first-order chi connectivity index (χ1) is 14.2. The Morgan fingerprint density at radius 3 is 2.52 bits per heavy atom. The van der Waals surface area contributed by atoms with Gasteiger partial charge in [0.1, 0.15) is 5.38 Å². The van der Waals surface area contributed by atoms with E-state index in [0.29, 0.717) is 13.1 Å². The maximum Gasteiger partial charge on any atom is 0.245 e. The fourth-order valence-corrected chi connectivity index (χ4v) is 4.27. The molecule has 0 saturated carbocycles. The summed E-state index contributed by atoms with van der Waals surface area (Å²) in [5.74, 6) is -0.0742. The number of nitrogens with one attached hydrogen (secondary N) is 1. The van der Waals surface area contributed by atoms with Crippen LogP contribution < -0.4 is 0 Å². The zero-order valence-corrected chi connectivity index (χ0v) is 16.4. The van der Waals surface area contributed by atoms with Crippen LogP contribution in [0.1, 0.15) is 22.1 Å². The zero-order valence-electron chi connectivity index (χ0n) is 15.7. The second-order valence-electron chi connectivity index (χ2n) is 7.20. The van der Waals surface area contributed by atoms with Gasteiger partial charge in [0.2, 0.25) is 5.91 Å². The fraction of sp³-hybridized carbons (Fsp3) is 0.174. The number of nitrogens with zero attached hydrogens (tertiary/aromatic N) is 3. The molecule has 1 N–H and O–H groups in total. The number of halogens is 1. The van der Waals surface area contributed by atoms with E-state index >= 15 is 0 Å². The van der Waals surface area contributed by atoms with Gasteiger partial charge in [-0.15, -0.1) is 11.6 Å². The van der Waals surface area contributed by atoms with Crippen molar-refractivity contribution >= 4 is 28.5 Å². The van der Waals surface area contributed by atoms with E-state index in [2.05, 4.69) is 10.2 Å². The second-order valence-corrected chi connectivity index (χ2v) is 7.64. The average molecular weight is 403 g/mol. The van der Waals surface area contributed by atoms with Gasteiger partial charge in [0.25, 0.3) is 0 Å². The highest BCUT2D eigenvalue weighted by molar-refractivity contribution is 6.30. The Hall–Kier alpha value is -3.18. The third kappa shape index (κ3) is 3.17. The van der Waals surface area contributed by atoms with Gasteiger partial charge in [-0.3, -0.25) is 9.89 Å². The van der Waals surface area contributed by atoms with Crippen molar-refractivity contribution in [2.24, 2.45) is 0 Å². The number of carbonyl (C=O) groups is 1. The molecule has 2 aromatic carbocycles. The van der Waals surface area contributed by atoms with Crippen molar-refractivity contribution in [2.45, 2.75) is 18.3 Å². The number of hydrogen-bond donors (Lipinski definition) is 1. The molecule has 5 rings (SSSR count). The number of fused-ring (bicyclic) bond motifs is 3. The molecule has 0 radical (unpaired) electrons. The molecule has 5 nitrogen and oxygen atoms in total. The van der Waals surface area contributed by atoms with Crippen LogP contribution in [0, 0.1) is 0 Å². The Morgan fingerprint density at radius 1 is 1.03 bits per heavy atom. The highest BCUT2D eigenvalue weighted by atomic mass is 35.5. The maximum atomic E-state index is 13.1. The van der Waals surface area contributed by atoms with Crippen LogP contribution in [-0.2, 0) is 17.8 Å². The van der Waals surface area contributed by atoms with Crippen molar-refractivity contribution < 1.29 is 4.79 Å². The van der Waals surface area contributed by atoms with Crippen LogP contribution in [0.3, 0.4) is 0 Å². The molecule has 3 heterocycles. The van der Waals surface area contributed by atoms with Crippen LogP contribution in [-0.4, -0.2) is 32.5 Å². The molecule has 0 bridgehead atoms. The SMILES string of the molecule is O=C(C(Cl)c1ccccc1)N1CCc2c(c(-c3ccccc3)nc3[nH]ncc23)C1. The number of H-pyrrole nitrogens is 1. The Labute approximate surface area is 173 Å². The summed E-state index contributed by atoms with van der Waals surface area (Å²) in [6.07, 6.45) is 2.57. The van der Waals surface area contributed by atoms with Gasteiger partial charge in [0.05, 0.1) is 11.9 Å². The predicted octanol–water partition coefficient (Wildman–Crippen LogP) is 4.49. The number of amides is 1. The topological polar surface area (TPSA) is 61.9 Å². The molecule has 29 heavy (non-hydrogen) atoms. The summed E-state index contributed by atoms with van der Waals surface area (Å²) in [5.41, 5.74) is 5.79. The van der Waals surface area contributed by atoms with E-state index in [0.717, 1.165) is 39.8 Å². The third-order valence-electron chi connectivity index (χ3n) is 5.47. The van der Waals surface area contributed by atoms with Crippen LogP contribution in [0.2, 0.25) is 0 Å². The normalized spacial score (nSPS) is 14.6. The average Bonchev–Trinajstić information content (AvgIpc) is 3.27. The summed E-state index contributed by atoms with van der Waals surface area (Å²) in [7, 11) is 0. The second kappa shape index (κ2) is 7.33. The van der Waals surface area contributed by atoms with Crippen LogP contribution >= 0.6 is 11.6 Å². The number of pyridine rings is 1. The summed E-state index contributed by atoms with van der Waals surface area (Å²) in [6.45, 7) is 1.11. The van der Waals surface area contributed by atoms with E-state index in [1.165, 1.54) is 5.56 Å². The van der Waals surface area contributed by atoms with Gasteiger partial charge in [0, 0.05) is 29.6 Å². The molecule has 0 aliphatic carbocycles. The van der Waals surface area contributed by atoms with Crippen LogP contribution in [0.4, 0.5) is 0 Å². The van der Waals surface area contributed by atoms with E-state index < -0.39 is 5.38 Å². The molecule has 1 unspecified atom stereocenters. The molecule has 0 spiro atoms. The minimum absolute atomic E-state index is 0.0742. The number of alkyl halides is 1. The molecule has 0 saturated heterocycles. The third-order valence-corrected chi connectivity index (χ3v) is 5.91. The fourth-order valence-electron chi connectivity index (χ4n) is 3.99. The number of benzene rings is 2. The van der Waals surface area contributed by atoms with Crippen LogP contribution in [0.15, 0.2) is 66.9 Å². The Bertz CT molecular complexity index is 1170.